The van der Waals surface area contributed by atoms with Crippen molar-refractivity contribution in [1.82, 2.24) is 0 Å². The Balaban J connectivity index is 1.85. The van der Waals surface area contributed by atoms with E-state index in [0.717, 1.165) is 23.8 Å². The Hall–Kier alpha value is -0.890. The van der Waals surface area contributed by atoms with E-state index in [1.54, 1.807) is 7.11 Å². The number of alkyl halides is 1. The summed E-state index contributed by atoms with van der Waals surface area (Å²) in [6, 6.07) is 7.72. The molecule has 88 valence electrons. The molecule has 2 nitrogen and oxygen atoms in total. The van der Waals surface area contributed by atoms with Crippen molar-refractivity contribution in [2.24, 2.45) is 5.41 Å². The summed E-state index contributed by atoms with van der Waals surface area (Å²) in [7, 11) is 1.66. The Labute approximate surface area is 102 Å². The number of benzene rings is 1. The van der Waals surface area contributed by atoms with E-state index in [2.05, 4.69) is 0 Å². The van der Waals surface area contributed by atoms with Crippen molar-refractivity contribution in [3.63, 3.8) is 0 Å². The molecule has 0 unspecified atom stereocenters. The van der Waals surface area contributed by atoms with Crippen LogP contribution in [0, 0.1) is 5.41 Å². The summed E-state index contributed by atoms with van der Waals surface area (Å²) in [6.07, 6.45) is 3.52. The van der Waals surface area contributed by atoms with Crippen LogP contribution in [0.1, 0.15) is 19.3 Å². The molecule has 1 aromatic carbocycles. The van der Waals surface area contributed by atoms with Gasteiger partial charge in [0.15, 0.2) is 11.5 Å². The summed E-state index contributed by atoms with van der Waals surface area (Å²) in [5.74, 6) is 2.36. The third kappa shape index (κ3) is 2.62. The third-order valence-electron chi connectivity index (χ3n) is 3.20. The van der Waals surface area contributed by atoms with Crippen molar-refractivity contribution in [3.8, 4) is 11.5 Å². The molecular formula is C13H17ClO2. The summed E-state index contributed by atoms with van der Waals surface area (Å²) in [6.45, 7) is 0.715. The maximum absolute atomic E-state index is 5.92. The second kappa shape index (κ2) is 4.96. The van der Waals surface area contributed by atoms with Crippen molar-refractivity contribution in [1.29, 1.82) is 0 Å². The SMILES string of the molecule is COc1ccccc1OCCC1(CCl)CC1. The van der Waals surface area contributed by atoms with Crippen LogP contribution in [0.2, 0.25) is 0 Å². The van der Waals surface area contributed by atoms with Gasteiger partial charge in [0, 0.05) is 5.88 Å². The fraction of sp³-hybridized carbons (Fsp3) is 0.538. The van der Waals surface area contributed by atoms with E-state index in [9.17, 15) is 0 Å². The molecular weight excluding hydrogens is 224 g/mol. The first-order chi connectivity index (χ1) is 7.79. The molecule has 1 aliphatic rings. The lowest BCUT2D eigenvalue weighted by atomic mass is 10.1. The zero-order valence-corrected chi connectivity index (χ0v) is 10.3. The van der Waals surface area contributed by atoms with Crippen LogP contribution in [0.15, 0.2) is 24.3 Å². The molecule has 0 bridgehead atoms. The van der Waals surface area contributed by atoms with Gasteiger partial charge in [-0.05, 0) is 36.8 Å². The first-order valence-electron chi connectivity index (χ1n) is 5.61. The van der Waals surface area contributed by atoms with Crippen molar-refractivity contribution in [2.45, 2.75) is 19.3 Å². The molecule has 1 saturated carbocycles. The van der Waals surface area contributed by atoms with Crippen molar-refractivity contribution in [2.75, 3.05) is 19.6 Å². The van der Waals surface area contributed by atoms with E-state index in [4.69, 9.17) is 21.1 Å². The molecule has 1 aromatic rings. The summed E-state index contributed by atoms with van der Waals surface area (Å²) in [5, 5.41) is 0. The largest absolute Gasteiger partial charge is 0.493 e. The Morgan fingerprint density at radius 2 is 1.94 bits per heavy atom. The highest BCUT2D eigenvalue weighted by molar-refractivity contribution is 6.18. The molecule has 0 atom stereocenters. The van der Waals surface area contributed by atoms with E-state index in [1.807, 2.05) is 24.3 Å². The minimum Gasteiger partial charge on any atom is -0.493 e. The topological polar surface area (TPSA) is 18.5 Å². The summed E-state index contributed by atoms with van der Waals surface area (Å²) in [5.41, 5.74) is 0.365. The highest BCUT2D eigenvalue weighted by atomic mass is 35.5. The quantitative estimate of drug-likeness (QED) is 0.709. The molecule has 0 aromatic heterocycles. The van der Waals surface area contributed by atoms with Gasteiger partial charge in [-0.15, -0.1) is 11.6 Å². The van der Waals surface area contributed by atoms with Crippen molar-refractivity contribution in [3.05, 3.63) is 24.3 Å². The Bertz CT molecular complexity index is 348. The minimum absolute atomic E-state index is 0.365. The van der Waals surface area contributed by atoms with Gasteiger partial charge in [0.2, 0.25) is 0 Å². The number of methoxy groups -OCH3 is 1. The van der Waals surface area contributed by atoms with E-state index in [0.29, 0.717) is 12.0 Å². The Morgan fingerprint density at radius 3 is 2.50 bits per heavy atom. The van der Waals surface area contributed by atoms with Crippen LogP contribution in [-0.4, -0.2) is 19.6 Å². The van der Waals surface area contributed by atoms with Gasteiger partial charge in [0.25, 0.3) is 0 Å². The third-order valence-corrected chi connectivity index (χ3v) is 3.77. The van der Waals surface area contributed by atoms with Gasteiger partial charge in [0.1, 0.15) is 0 Å². The van der Waals surface area contributed by atoms with Gasteiger partial charge < -0.3 is 9.47 Å². The fourth-order valence-electron chi connectivity index (χ4n) is 1.74. The van der Waals surface area contributed by atoms with Crippen LogP contribution in [0.25, 0.3) is 0 Å². The van der Waals surface area contributed by atoms with Gasteiger partial charge in [-0.2, -0.15) is 0 Å². The maximum atomic E-state index is 5.92. The number of para-hydroxylation sites is 2. The molecule has 0 saturated heterocycles. The average Bonchev–Trinajstić information content (AvgIpc) is 3.10. The van der Waals surface area contributed by atoms with Gasteiger partial charge in [-0.1, -0.05) is 12.1 Å². The first kappa shape index (κ1) is 11.6. The zero-order valence-electron chi connectivity index (χ0n) is 9.54. The lowest BCUT2D eigenvalue weighted by Crippen LogP contribution is -2.09. The average molecular weight is 241 g/mol. The van der Waals surface area contributed by atoms with Crippen molar-refractivity contribution >= 4 is 11.6 Å². The summed E-state index contributed by atoms with van der Waals surface area (Å²) < 4.78 is 10.9. The van der Waals surface area contributed by atoms with Gasteiger partial charge in [-0.25, -0.2) is 0 Å². The van der Waals surface area contributed by atoms with E-state index < -0.39 is 0 Å². The molecule has 16 heavy (non-hydrogen) atoms. The van der Waals surface area contributed by atoms with Gasteiger partial charge >= 0.3 is 0 Å². The lowest BCUT2D eigenvalue weighted by molar-refractivity contribution is 0.264. The smallest absolute Gasteiger partial charge is 0.161 e. The molecule has 1 fully saturated rings. The molecule has 0 aliphatic heterocycles. The van der Waals surface area contributed by atoms with Gasteiger partial charge in [0.05, 0.1) is 13.7 Å². The summed E-state index contributed by atoms with van der Waals surface area (Å²) >= 11 is 5.92. The molecule has 0 N–H and O–H groups in total. The predicted octanol–water partition coefficient (Wildman–Crippen LogP) is 3.48. The minimum atomic E-state index is 0.365. The van der Waals surface area contributed by atoms with Crippen molar-refractivity contribution < 1.29 is 9.47 Å². The molecule has 0 amide bonds. The molecule has 0 spiro atoms. The fourth-order valence-corrected chi connectivity index (χ4v) is 2.14. The molecule has 0 radical (unpaired) electrons. The molecule has 1 aliphatic carbocycles. The van der Waals surface area contributed by atoms with Crippen LogP contribution in [-0.2, 0) is 0 Å². The van der Waals surface area contributed by atoms with Crippen LogP contribution in [0.5, 0.6) is 11.5 Å². The Morgan fingerprint density at radius 1 is 1.25 bits per heavy atom. The zero-order chi connectivity index (χ0) is 11.4. The Kier molecular flexibility index (Phi) is 3.59. The van der Waals surface area contributed by atoms with E-state index in [1.165, 1.54) is 12.8 Å². The van der Waals surface area contributed by atoms with Gasteiger partial charge in [-0.3, -0.25) is 0 Å². The molecule has 3 heteroatoms. The second-order valence-electron chi connectivity index (χ2n) is 4.38. The predicted molar refractivity (Wildman–Crippen MR) is 65.5 cm³/mol. The number of hydrogen-bond donors (Lipinski definition) is 0. The lowest BCUT2D eigenvalue weighted by Gasteiger charge is -2.13. The van der Waals surface area contributed by atoms with E-state index >= 15 is 0 Å². The number of rotatable bonds is 6. The highest BCUT2D eigenvalue weighted by Gasteiger charge is 2.41. The molecule has 0 heterocycles. The number of hydrogen-bond acceptors (Lipinski definition) is 2. The van der Waals surface area contributed by atoms with E-state index in [-0.39, 0.29) is 0 Å². The molecule has 2 rings (SSSR count). The van der Waals surface area contributed by atoms with Crippen LogP contribution < -0.4 is 9.47 Å². The standard InChI is InChI=1S/C13H17ClO2/c1-15-11-4-2-3-5-12(11)16-9-8-13(10-14)6-7-13/h2-5H,6-10H2,1H3. The monoisotopic (exact) mass is 240 g/mol. The highest BCUT2D eigenvalue weighted by Crippen LogP contribution is 2.49. The van der Waals surface area contributed by atoms with Crippen LogP contribution >= 0.6 is 11.6 Å². The summed E-state index contributed by atoms with van der Waals surface area (Å²) in [4.78, 5) is 0. The first-order valence-corrected chi connectivity index (χ1v) is 6.15. The maximum Gasteiger partial charge on any atom is 0.161 e. The normalized spacial score (nSPS) is 16.9. The van der Waals surface area contributed by atoms with Crippen LogP contribution in [0.3, 0.4) is 0 Å². The number of ether oxygens (including phenoxy) is 2. The van der Waals surface area contributed by atoms with Crippen LogP contribution in [0.4, 0.5) is 0 Å². The number of halogens is 1. The second-order valence-corrected chi connectivity index (χ2v) is 4.65.